The molecule has 0 bridgehead atoms. The van der Waals surface area contributed by atoms with Crippen molar-refractivity contribution < 1.29 is 0 Å². The molecule has 0 amide bonds. The minimum Gasteiger partial charge on any atom is -0.308 e. The van der Waals surface area contributed by atoms with Crippen molar-refractivity contribution in [1.29, 1.82) is 0 Å². The van der Waals surface area contributed by atoms with Gasteiger partial charge in [-0.05, 0) is 30.4 Å². The van der Waals surface area contributed by atoms with Gasteiger partial charge in [-0.1, -0.05) is 33.8 Å². The number of anilines is 1. The molecule has 0 aromatic carbocycles. The van der Waals surface area contributed by atoms with Gasteiger partial charge in [0.05, 0.1) is 0 Å². The lowest BCUT2D eigenvalue weighted by Gasteiger charge is -2.32. The van der Waals surface area contributed by atoms with Crippen LogP contribution in [0, 0.1) is 5.92 Å². The summed E-state index contributed by atoms with van der Waals surface area (Å²) in [6, 6.07) is 4.67. The summed E-state index contributed by atoms with van der Waals surface area (Å²) < 4.78 is 0. The molecule has 108 valence electrons. The van der Waals surface area contributed by atoms with Crippen molar-refractivity contribution >= 4 is 5.82 Å². The van der Waals surface area contributed by atoms with Gasteiger partial charge in [-0.3, -0.25) is 4.90 Å². The van der Waals surface area contributed by atoms with Gasteiger partial charge in [-0.2, -0.15) is 0 Å². The second kappa shape index (κ2) is 8.12. The van der Waals surface area contributed by atoms with Crippen LogP contribution in [-0.2, 0) is 6.54 Å². The molecule has 1 aromatic heterocycles. The van der Waals surface area contributed by atoms with Crippen molar-refractivity contribution in [3.05, 3.63) is 23.9 Å². The monoisotopic (exact) mass is 264 g/mol. The van der Waals surface area contributed by atoms with Crippen LogP contribution < -0.4 is 11.3 Å². The van der Waals surface area contributed by atoms with Gasteiger partial charge in [0.25, 0.3) is 0 Å². The Bertz CT molecular complexity index is 344. The van der Waals surface area contributed by atoms with E-state index in [-0.39, 0.29) is 0 Å². The molecule has 0 aliphatic rings. The van der Waals surface area contributed by atoms with Gasteiger partial charge in [-0.15, -0.1) is 0 Å². The Kier molecular flexibility index (Phi) is 6.81. The highest BCUT2D eigenvalue weighted by Crippen LogP contribution is 2.16. The summed E-state index contributed by atoms with van der Waals surface area (Å²) in [5.74, 6) is 6.72. The van der Waals surface area contributed by atoms with Gasteiger partial charge in [0, 0.05) is 25.3 Å². The predicted molar refractivity (Wildman–Crippen MR) is 81.7 cm³/mol. The average Bonchev–Trinajstić information content (AvgIpc) is 2.40. The van der Waals surface area contributed by atoms with Crippen molar-refractivity contribution in [2.45, 2.75) is 53.1 Å². The number of nitrogen functional groups attached to an aromatic ring is 1. The maximum Gasteiger partial charge on any atom is 0.139 e. The fourth-order valence-electron chi connectivity index (χ4n) is 2.45. The van der Waals surface area contributed by atoms with Crippen LogP contribution in [0.25, 0.3) is 0 Å². The second-order valence-electron chi connectivity index (χ2n) is 5.49. The Labute approximate surface area is 117 Å². The van der Waals surface area contributed by atoms with E-state index in [0.717, 1.165) is 13.1 Å². The van der Waals surface area contributed by atoms with Gasteiger partial charge in [-0.25, -0.2) is 10.8 Å². The van der Waals surface area contributed by atoms with Crippen LogP contribution >= 0.6 is 0 Å². The van der Waals surface area contributed by atoms with Gasteiger partial charge in [0.15, 0.2) is 0 Å². The minimum absolute atomic E-state index is 0.648. The van der Waals surface area contributed by atoms with Crippen LogP contribution in [0.15, 0.2) is 18.3 Å². The largest absolute Gasteiger partial charge is 0.308 e. The third-order valence-electron chi connectivity index (χ3n) is 3.42. The first kappa shape index (κ1) is 15.9. The van der Waals surface area contributed by atoms with E-state index < -0.39 is 0 Å². The molecule has 19 heavy (non-hydrogen) atoms. The molecule has 0 aliphatic heterocycles. The van der Waals surface area contributed by atoms with Crippen molar-refractivity contribution in [3.8, 4) is 0 Å². The van der Waals surface area contributed by atoms with E-state index in [1.165, 1.54) is 18.4 Å². The lowest BCUT2D eigenvalue weighted by molar-refractivity contribution is 0.157. The first-order valence-corrected chi connectivity index (χ1v) is 7.26. The molecule has 3 N–H and O–H groups in total. The molecule has 0 spiro atoms. The number of nitrogens with one attached hydrogen (secondary N) is 1. The topological polar surface area (TPSA) is 54.2 Å². The number of pyridine rings is 1. The molecule has 4 nitrogen and oxygen atoms in total. The van der Waals surface area contributed by atoms with E-state index in [4.69, 9.17) is 5.84 Å². The Hall–Kier alpha value is -1.13. The number of nitrogens with zero attached hydrogens (tertiary/aromatic N) is 2. The van der Waals surface area contributed by atoms with E-state index >= 15 is 0 Å². The minimum atomic E-state index is 0.648. The quantitative estimate of drug-likeness (QED) is 0.560. The first-order valence-electron chi connectivity index (χ1n) is 7.26. The molecule has 0 unspecified atom stereocenters. The number of nitrogens with two attached hydrogens (primary N) is 1. The van der Waals surface area contributed by atoms with Crippen molar-refractivity contribution in [2.24, 2.45) is 11.8 Å². The zero-order chi connectivity index (χ0) is 14.3. The van der Waals surface area contributed by atoms with E-state index in [1.54, 1.807) is 0 Å². The highest BCUT2D eigenvalue weighted by Gasteiger charge is 2.16. The Morgan fingerprint density at radius 3 is 2.37 bits per heavy atom. The SMILES string of the molecule is CCC(CC)N(Cc1ccc(NN)nc1)CC(C)C. The first-order chi connectivity index (χ1) is 9.10. The second-order valence-corrected chi connectivity index (χ2v) is 5.49. The zero-order valence-electron chi connectivity index (χ0n) is 12.7. The van der Waals surface area contributed by atoms with Gasteiger partial charge in [0.2, 0.25) is 0 Å². The molecular formula is C15H28N4. The summed E-state index contributed by atoms with van der Waals surface area (Å²) >= 11 is 0. The summed E-state index contributed by atoms with van der Waals surface area (Å²) in [5.41, 5.74) is 3.80. The fourth-order valence-corrected chi connectivity index (χ4v) is 2.45. The highest BCUT2D eigenvalue weighted by molar-refractivity contribution is 5.33. The van der Waals surface area contributed by atoms with Gasteiger partial charge in [0.1, 0.15) is 5.82 Å². The van der Waals surface area contributed by atoms with E-state index in [9.17, 15) is 0 Å². The molecule has 0 saturated carbocycles. The summed E-state index contributed by atoms with van der Waals surface area (Å²) in [4.78, 5) is 6.84. The van der Waals surface area contributed by atoms with Gasteiger partial charge < -0.3 is 5.43 Å². The molecule has 1 heterocycles. The van der Waals surface area contributed by atoms with Crippen LogP contribution in [0.4, 0.5) is 5.82 Å². The smallest absolute Gasteiger partial charge is 0.139 e. The van der Waals surface area contributed by atoms with Crippen molar-refractivity contribution in [1.82, 2.24) is 9.88 Å². The summed E-state index contributed by atoms with van der Waals surface area (Å²) in [6.45, 7) is 11.2. The summed E-state index contributed by atoms with van der Waals surface area (Å²) in [7, 11) is 0. The normalized spacial score (nSPS) is 11.6. The molecule has 0 fully saturated rings. The average molecular weight is 264 g/mol. The van der Waals surface area contributed by atoms with Crippen LogP contribution in [0.3, 0.4) is 0 Å². The molecule has 0 atom stereocenters. The van der Waals surface area contributed by atoms with E-state index in [1.807, 2.05) is 12.3 Å². The van der Waals surface area contributed by atoms with Crippen LogP contribution in [0.5, 0.6) is 0 Å². The number of hydrazine groups is 1. The Morgan fingerprint density at radius 1 is 1.26 bits per heavy atom. The lowest BCUT2D eigenvalue weighted by Crippen LogP contribution is -2.36. The van der Waals surface area contributed by atoms with Crippen LogP contribution in [0.2, 0.25) is 0 Å². The third-order valence-corrected chi connectivity index (χ3v) is 3.42. The zero-order valence-corrected chi connectivity index (χ0v) is 12.7. The number of hydrogen-bond donors (Lipinski definition) is 2. The third kappa shape index (κ3) is 5.17. The number of aromatic nitrogens is 1. The van der Waals surface area contributed by atoms with E-state index in [0.29, 0.717) is 17.8 Å². The van der Waals surface area contributed by atoms with E-state index in [2.05, 4.69) is 49.1 Å². The Balaban J connectivity index is 2.74. The molecule has 1 rings (SSSR count). The molecule has 0 aliphatic carbocycles. The van der Waals surface area contributed by atoms with Crippen LogP contribution in [-0.4, -0.2) is 22.5 Å². The van der Waals surface area contributed by atoms with Crippen LogP contribution in [0.1, 0.15) is 46.1 Å². The molecule has 4 heteroatoms. The number of rotatable bonds is 8. The molecule has 0 radical (unpaired) electrons. The molecular weight excluding hydrogens is 236 g/mol. The predicted octanol–water partition coefficient (Wildman–Crippen LogP) is 3.01. The molecule has 0 saturated heterocycles. The fraction of sp³-hybridized carbons (Fsp3) is 0.667. The van der Waals surface area contributed by atoms with Gasteiger partial charge >= 0.3 is 0 Å². The molecule has 1 aromatic rings. The highest BCUT2D eigenvalue weighted by atomic mass is 15.2. The maximum absolute atomic E-state index is 5.34. The standard InChI is InChI=1S/C15H28N4/c1-5-14(6-2)19(10-12(3)4)11-13-7-8-15(18-16)17-9-13/h7-9,12,14H,5-6,10-11,16H2,1-4H3,(H,17,18). The van der Waals surface area contributed by atoms with Crippen molar-refractivity contribution in [3.63, 3.8) is 0 Å². The number of hydrogen-bond acceptors (Lipinski definition) is 4. The summed E-state index contributed by atoms with van der Waals surface area (Å²) in [6.07, 6.45) is 4.29. The van der Waals surface area contributed by atoms with Crippen molar-refractivity contribution in [2.75, 3.05) is 12.0 Å². The maximum atomic E-state index is 5.34. The lowest BCUT2D eigenvalue weighted by atomic mass is 10.1. The summed E-state index contributed by atoms with van der Waals surface area (Å²) in [5, 5.41) is 0. The Morgan fingerprint density at radius 2 is 1.95 bits per heavy atom.